The molecule has 0 aromatic heterocycles. The van der Waals surface area contributed by atoms with Crippen molar-refractivity contribution >= 4 is 21.8 Å². The second-order valence-corrected chi connectivity index (χ2v) is 7.27. The van der Waals surface area contributed by atoms with E-state index in [-0.39, 0.29) is 29.1 Å². The summed E-state index contributed by atoms with van der Waals surface area (Å²) in [5.74, 6) is 0.124. The zero-order valence-corrected chi connectivity index (χ0v) is 14.0. The molecule has 0 aliphatic carbocycles. The number of hydrogen-bond donors (Lipinski definition) is 1. The molecule has 0 bridgehead atoms. The largest absolute Gasteiger partial charge is 0.453 e. The first-order valence-electron chi connectivity index (χ1n) is 7.40. The Bertz CT molecular complexity index is 696. The number of likely N-dealkylation sites (tertiary alicyclic amines) is 1. The van der Waals surface area contributed by atoms with E-state index in [0.29, 0.717) is 25.9 Å². The molecule has 1 fully saturated rings. The molecule has 1 aromatic rings. The number of methoxy groups -OCH3 is 1. The Kier molecular flexibility index (Phi) is 5.73. The van der Waals surface area contributed by atoms with Gasteiger partial charge < -0.3 is 9.64 Å². The van der Waals surface area contributed by atoms with E-state index in [1.54, 1.807) is 4.90 Å². The van der Waals surface area contributed by atoms with Gasteiger partial charge in [0.1, 0.15) is 0 Å². The number of sulfonamides is 1. The molecule has 10 heteroatoms. The van der Waals surface area contributed by atoms with Crippen molar-refractivity contribution in [2.75, 3.05) is 26.7 Å². The molecule has 0 radical (unpaired) electrons. The predicted octanol–water partition coefficient (Wildman–Crippen LogP) is 1.35. The standard InChI is InChI=1S/C14H19N3O6S/c1-23-14(18)16-8-6-11(7-9-16)10-15-24(21,22)13-4-2-12(3-5-13)17(19)20/h2-5,11,15H,6-10H2,1H3. The fourth-order valence-corrected chi connectivity index (χ4v) is 3.62. The summed E-state index contributed by atoms with van der Waals surface area (Å²) in [5.41, 5.74) is -0.163. The Balaban J connectivity index is 1.89. The van der Waals surface area contributed by atoms with Crippen LogP contribution in [0.1, 0.15) is 12.8 Å². The topological polar surface area (TPSA) is 119 Å². The highest BCUT2D eigenvalue weighted by Gasteiger charge is 2.25. The average Bonchev–Trinajstić information content (AvgIpc) is 2.60. The van der Waals surface area contributed by atoms with E-state index in [9.17, 15) is 23.3 Å². The molecule has 1 aliphatic rings. The molecular formula is C14H19N3O6S. The Morgan fingerprint density at radius 1 is 1.33 bits per heavy atom. The van der Waals surface area contributed by atoms with Gasteiger partial charge >= 0.3 is 6.09 Å². The van der Waals surface area contributed by atoms with Gasteiger partial charge in [0.2, 0.25) is 10.0 Å². The number of ether oxygens (including phenoxy) is 1. The first kappa shape index (κ1) is 18.1. The van der Waals surface area contributed by atoms with Crippen molar-refractivity contribution in [2.45, 2.75) is 17.7 Å². The number of carbonyl (C=O) groups is 1. The van der Waals surface area contributed by atoms with Crippen molar-refractivity contribution in [1.82, 2.24) is 9.62 Å². The Hall–Kier alpha value is -2.20. The van der Waals surface area contributed by atoms with Crippen LogP contribution >= 0.6 is 0 Å². The van der Waals surface area contributed by atoms with Crippen molar-refractivity contribution in [1.29, 1.82) is 0 Å². The highest BCUT2D eigenvalue weighted by molar-refractivity contribution is 7.89. The lowest BCUT2D eigenvalue weighted by Gasteiger charge is -2.30. The van der Waals surface area contributed by atoms with E-state index in [4.69, 9.17) is 0 Å². The van der Waals surface area contributed by atoms with E-state index in [1.807, 2.05) is 0 Å². The smallest absolute Gasteiger partial charge is 0.409 e. The molecule has 0 saturated carbocycles. The van der Waals surface area contributed by atoms with Gasteiger partial charge in [-0.1, -0.05) is 0 Å². The molecule has 0 unspecified atom stereocenters. The second kappa shape index (κ2) is 7.58. The zero-order chi connectivity index (χ0) is 17.7. The maximum absolute atomic E-state index is 12.2. The predicted molar refractivity (Wildman–Crippen MR) is 85.0 cm³/mol. The van der Waals surface area contributed by atoms with Crippen molar-refractivity contribution < 1.29 is 22.9 Å². The van der Waals surface area contributed by atoms with Crippen molar-refractivity contribution in [3.05, 3.63) is 34.4 Å². The van der Waals surface area contributed by atoms with Crippen LogP contribution in [0.15, 0.2) is 29.2 Å². The van der Waals surface area contributed by atoms with Gasteiger partial charge in [-0.15, -0.1) is 0 Å². The Morgan fingerprint density at radius 3 is 2.42 bits per heavy atom. The van der Waals surface area contributed by atoms with Crippen molar-refractivity contribution in [3.8, 4) is 0 Å². The number of nitrogens with one attached hydrogen (secondary N) is 1. The third-order valence-electron chi connectivity index (χ3n) is 3.97. The minimum atomic E-state index is -3.71. The summed E-state index contributed by atoms with van der Waals surface area (Å²) in [7, 11) is -2.39. The van der Waals surface area contributed by atoms with Crippen LogP contribution in [0.4, 0.5) is 10.5 Å². The van der Waals surface area contributed by atoms with Crippen LogP contribution < -0.4 is 4.72 Å². The van der Waals surface area contributed by atoms with E-state index in [0.717, 1.165) is 12.1 Å². The third kappa shape index (κ3) is 4.42. The summed E-state index contributed by atoms with van der Waals surface area (Å²) < 4.78 is 31.6. The number of benzene rings is 1. The van der Waals surface area contributed by atoms with Gasteiger partial charge in [0.15, 0.2) is 0 Å². The Labute approximate surface area is 139 Å². The van der Waals surface area contributed by atoms with Crippen LogP contribution in [0.3, 0.4) is 0 Å². The number of non-ortho nitro benzene ring substituents is 1. The van der Waals surface area contributed by atoms with E-state index < -0.39 is 14.9 Å². The molecule has 1 aromatic carbocycles. The molecular weight excluding hydrogens is 338 g/mol. The molecule has 1 aliphatic heterocycles. The number of piperidine rings is 1. The van der Waals surface area contributed by atoms with Gasteiger partial charge in [-0.2, -0.15) is 0 Å². The van der Waals surface area contributed by atoms with Crippen LogP contribution in [0.5, 0.6) is 0 Å². The number of rotatable bonds is 5. The number of nitrogens with zero attached hydrogens (tertiary/aromatic N) is 2. The summed E-state index contributed by atoms with van der Waals surface area (Å²) >= 11 is 0. The Morgan fingerprint density at radius 2 is 1.92 bits per heavy atom. The molecule has 1 amide bonds. The summed E-state index contributed by atoms with van der Waals surface area (Å²) in [5, 5.41) is 10.6. The zero-order valence-electron chi connectivity index (χ0n) is 13.2. The van der Waals surface area contributed by atoms with Crippen LogP contribution in [0.2, 0.25) is 0 Å². The van der Waals surface area contributed by atoms with E-state index >= 15 is 0 Å². The molecule has 0 spiro atoms. The van der Waals surface area contributed by atoms with Crippen LogP contribution in [-0.4, -0.2) is 51.1 Å². The van der Waals surface area contributed by atoms with Crippen LogP contribution in [0.25, 0.3) is 0 Å². The maximum atomic E-state index is 12.2. The van der Waals surface area contributed by atoms with Gasteiger partial charge in [0.05, 0.1) is 16.9 Å². The third-order valence-corrected chi connectivity index (χ3v) is 5.41. The highest BCUT2D eigenvalue weighted by Crippen LogP contribution is 2.19. The second-order valence-electron chi connectivity index (χ2n) is 5.50. The molecule has 132 valence electrons. The molecule has 9 nitrogen and oxygen atoms in total. The SMILES string of the molecule is COC(=O)N1CCC(CNS(=O)(=O)c2ccc([N+](=O)[O-])cc2)CC1. The number of hydrogen-bond acceptors (Lipinski definition) is 6. The lowest BCUT2D eigenvalue weighted by atomic mass is 9.97. The van der Waals surface area contributed by atoms with Crippen molar-refractivity contribution in [2.24, 2.45) is 5.92 Å². The van der Waals surface area contributed by atoms with Crippen LogP contribution in [-0.2, 0) is 14.8 Å². The summed E-state index contributed by atoms with van der Waals surface area (Å²) in [6.45, 7) is 1.31. The molecule has 1 saturated heterocycles. The van der Waals surface area contributed by atoms with E-state index in [1.165, 1.54) is 19.2 Å². The van der Waals surface area contributed by atoms with E-state index in [2.05, 4.69) is 9.46 Å². The first-order valence-corrected chi connectivity index (χ1v) is 8.89. The van der Waals surface area contributed by atoms with Gasteiger partial charge in [-0.25, -0.2) is 17.9 Å². The minimum absolute atomic E-state index is 0.0138. The summed E-state index contributed by atoms with van der Waals surface area (Å²) in [6.07, 6.45) is 0.982. The number of nitro benzene ring substituents is 1. The van der Waals surface area contributed by atoms with Gasteiger partial charge in [0.25, 0.3) is 5.69 Å². The van der Waals surface area contributed by atoms with Crippen molar-refractivity contribution in [3.63, 3.8) is 0 Å². The summed E-state index contributed by atoms with van der Waals surface area (Å²) in [6, 6.07) is 4.73. The lowest BCUT2D eigenvalue weighted by Crippen LogP contribution is -2.41. The maximum Gasteiger partial charge on any atom is 0.409 e. The normalized spacial score (nSPS) is 16.0. The van der Waals surface area contributed by atoms with Gasteiger partial charge in [-0.05, 0) is 30.9 Å². The minimum Gasteiger partial charge on any atom is -0.453 e. The fourth-order valence-electron chi connectivity index (χ4n) is 2.51. The highest BCUT2D eigenvalue weighted by atomic mass is 32.2. The average molecular weight is 357 g/mol. The quantitative estimate of drug-likeness (QED) is 0.627. The number of carbonyl (C=O) groups excluding carboxylic acids is 1. The molecule has 2 rings (SSSR count). The molecule has 24 heavy (non-hydrogen) atoms. The first-order chi connectivity index (χ1) is 11.3. The molecule has 0 atom stereocenters. The molecule has 1 N–H and O–H groups in total. The van der Waals surface area contributed by atoms with Gasteiger partial charge in [-0.3, -0.25) is 10.1 Å². The number of nitro groups is 1. The molecule has 1 heterocycles. The monoisotopic (exact) mass is 357 g/mol. The fraction of sp³-hybridized carbons (Fsp3) is 0.500. The summed E-state index contributed by atoms with van der Waals surface area (Å²) in [4.78, 5) is 23.0. The number of amides is 1. The van der Waals surface area contributed by atoms with Gasteiger partial charge in [0, 0.05) is 31.8 Å². The van der Waals surface area contributed by atoms with Crippen LogP contribution in [0, 0.1) is 16.0 Å². The lowest BCUT2D eigenvalue weighted by molar-refractivity contribution is -0.384.